The van der Waals surface area contributed by atoms with Crippen molar-refractivity contribution in [2.75, 3.05) is 5.32 Å². The number of benzene rings is 2. The second-order valence-electron chi connectivity index (χ2n) is 6.27. The van der Waals surface area contributed by atoms with Crippen molar-refractivity contribution < 1.29 is 31.1 Å². The Kier molecular flexibility index (Phi) is 6.96. The van der Waals surface area contributed by atoms with E-state index in [-0.39, 0.29) is 22.6 Å². The molecule has 2 aromatic carbocycles. The van der Waals surface area contributed by atoms with E-state index in [1.165, 1.54) is 19.1 Å². The number of anilines is 1. The average Bonchev–Trinajstić information content (AvgIpc) is 3.20. The summed E-state index contributed by atoms with van der Waals surface area (Å²) in [6, 6.07) is 6.56. The first-order chi connectivity index (χ1) is 15.2. The lowest BCUT2D eigenvalue weighted by Gasteiger charge is -2.17. The minimum absolute atomic E-state index is 0.0629. The molecule has 166 valence electrons. The molecular weight excluding hydrogens is 469 g/mol. The van der Waals surface area contributed by atoms with E-state index in [0.717, 1.165) is 29.2 Å². The van der Waals surface area contributed by atoms with Gasteiger partial charge in [-0.2, -0.15) is 13.7 Å². The first-order valence-corrected chi connectivity index (χ1v) is 11.6. The molecule has 2 aromatic rings. The Morgan fingerprint density at radius 1 is 1.19 bits per heavy atom. The van der Waals surface area contributed by atoms with E-state index in [1.807, 2.05) is 6.07 Å². The number of aliphatic imine (C=N–C) groups is 1. The number of rotatable bonds is 5. The minimum atomic E-state index is -2.45. The number of halogens is 3. The third-order valence-electron chi connectivity index (χ3n) is 4.08. The zero-order valence-electron chi connectivity index (χ0n) is 16.1. The zero-order valence-corrected chi connectivity index (χ0v) is 17.7. The van der Waals surface area contributed by atoms with Crippen LogP contribution in [0.3, 0.4) is 0 Å². The average molecular weight is 482 g/mol. The van der Waals surface area contributed by atoms with Gasteiger partial charge in [0.15, 0.2) is 11.6 Å². The smallest absolute Gasteiger partial charge is 0.404 e. The number of nitrogens with zero attached hydrogens (tertiary/aromatic N) is 2. The predicted octanol–water partition coefficient (Wildman–Crippen LogP) is 3.49. The van der Waals surface area contributed by atoms with E-state index in [0.29, 0.717) is 0 Å². The molecule has 2 atom stereocenters. The fourth-order valence-corrected chi connectivity index (χ4v) is 4.27. The number of ether oxygens (including phenoxy) is 1. The first kappa shape index (κ1) is 23.0. The highest BCUT2D eigenvalue weighted by Crippen LogP contribution is 2.29. The maximum Gasteiger partial charge on any atom is 0.418 e. The normalized spacial score (nSPS) is 15.5. The van der Waals surface area contributed by atoms with Crippen molar-refractivity contribution in [2.24, 2.45) is 4.99 Å². The highest BCUT2D eigenvalue weighted by Gasteiger charge is 2.20. The summed E-state index contributed by atoms with van der Waals surface area (Å²) in [5.74, 6) is -4.17. The highest BCUT2D eigenvalue weighted by molar-refractivity contribution is 8.42. The lowest BCUT2D eigenvalue weighted by molar-refractivity contribution is 0.199. The van der Waals surface area contributed by atoms with E-state index in [2.05, 4.69) is 20.4 Å². The number of nitrogens with one attached hydrogen (secondary N) is 2. The second-order valence-corrected chi connectivity index (χ2v) is 9.75. The molecule has 13 heteroatoms. The summed E-state index contributed by atoms with van der Waals surface area (Å²) in [6.45, 7) is 1.53. The Hall–Kier alpha value is -3.63. The van der Waals surface area contributed by atoms with Crippen LogP contribution in [0.4, 0.5) is 23.7 Å². The largest absolute Gasteiger partial charge is 0.418 e. The number of carbonyl (C=O) groups excluding carboxylic acids is 1. The van der Waals surface area contributed by atoms with Crippen molar-refractivity contribution in [1.29, 1.82) is 5.26 Å². The van der Waals surface area contributed by atoms with Crippen LogP contribution in [0.1, 0.15) is 24.1 Å². The van der Waals surface area contributed by atoms with Crippen LogP contribution in [0.25, 0.3) is 0 Å². The topological polar surface area (TPSA) is 121 Å². The lowest BCUT2D eigenvalue weighted by Crippen LogP contribution is -2.26. The van der Waals surface area contributed by atoms with Crippen molar-refractivity contribution in [1.82, 2.24) is 5.32 Å². The van der Waals surface area contributed by atoms with Crippen LogP contribution in [0.2, 0.25) is 0 Å². The van der Waals surface area contributed by atoms with Crippen molar-refractivity contribution in [3.63, 3.8) is 0 Å². The molecule has 3 rings (SSSR count). The first-order valence-electron chi connectivity index (χ1n) is 8.69. The molecule has 8 nitrogen and oxygen atoms in total. The molecule has 1 heterocycles. The van der Waals surface area contributed by atoms with E-state index in [1.54, 1.807) is 0 Å². The molecule has 0 aromatic heterocycles. The van der Waals surface area contributed by atoms with Gasteiger partial charge in [0.05, 0.1) is 23.2 Å². The standard InChI is InChI=1S/C19H13F3N4O4S2/c1-10(13-4-11(7-23)2-3-14(13)20)25-12-5-15(21)18(16(22)6-12)30-19(27)26-17-8-31(9-24-17)32(28)29/h2-6,8-10,25H,1H3,(H,26,27). The van der Waals surface area contributed by atoms with Crippen LogP contribution >= 0.6 is 0 Å². The maximum atomic E-state index is 14.4. The van der Waals surface area contributed by atoms with Crippen LogP contribution in [-0.2, 0) is 18.7 Å². The monoisotopic (exact) mass is 482 g/mol. The highest BCUT2D eigenvalue weighted by atomic mass is 32.9. The summed E-state index contributed by atoms with van der Waals surface area (Å²) in [6.07, 6.45) is -1.28. The molecule has 1 aliphatic heterocycles. The molecule has 0 bridgehead atoms. The van der Waals surface area contributed by atoms with Gasteiger partial charge in [0, 0.05) is 38.2 Å². The van der Waals surface area contributed by atoms with Gasteiger partial charge in [-0.1, -0.05) is 0 Å². The van der Waals surface area contributed by atoms with E-state index >= 15 is 0 Å². The summed E-state index contributed by atoms with van der Waals surface area (Å²) in [7, 11) is -3.77. The Morgan fingerprint density at radius 3 is 2.47 bits per heavy atom. The molecule has 1 amide bonds. The van der Waals surface area contributed by atoms with Gasteiger partial charge in [0.1, 0.15) is 11.6 Å². The van der Waals surface area contributed by atoms with Crippen LogP contribution in [0.15, 0.2) is 46.6 Å². The van der Waals surface area contributed by atoms with Gasteiger partial charge in [-0.25, -0.2) is 23.0 Å². The van der Waals surface area contributed by atoms with Crippen LogP contribution in [0.5, 0.6) is 5.75 Å². The molecular formula is C19H13F3N4O4S2. The zero-order chi connectivity index (χ0) is 23.4. The molecule has 32 heavy (non-hydrogen) atoms. The molecule has 0 saturated heterocycles. The van der Waals surface area contributed by atoms with Gasteiger partial charge in [-0.15, -0.1) is 0 Å². The number of hydrogen-bond acceptors (Lipinski definition) is 7. The quantitative estimate of drug-likeness (QED) is 0.673. The van der Waals surface area contributed by atoms with E-state index in [9.17, 15) is 26.4 Å². The van der Waals surface area contributed by atoms with Crippen molar-refractivity contribution >= 4 is 36.0 Å². The number of amides is 1. The van der Waals surface area contributed by atoms with Crippen LogP contribution < -0.4 is 15.4 Å². The SMILES string of the molecule is CC(Nc1cc(F)c(OC(=O)NC2=CS(=S(=O)=O)C=N2)c(F)c1)c1cc(C#N)ccc1F. The molecule has 1 aliphatic rings. The van der Waals surface area contributed by atoms with Gasteiger partial charge < -0.3 is 10.1 Å². The fourth-order valence-electron chi connectivity index (χ4n) is 2.65. The number of hydrogen-bond donors (Lipinski definition) is 2. The molecule has 0 saturated carbocycles. The van der Waals surface area contributed by atoms with Crippen LogP contribution in [0, 0.1) is 28.8 Å². The Bertz CT molecular complexity index is 1320. The molecule has 0 spiro atoms. The second kappa shape index (κ2) is 9.67. The van der Waals surface area contributed by atoms with Crippen molar-refractivity contribution in [2.45, 2.75) is 13.0 Å². The molecule has 0 aliphatic carbocycles. The summed E-state index contributed by atoms with van der Waals surface area (Å²) < 4.78 is 69.2. The van der Waals surface area contributed by atoms with E-state index in [4.69, 9.17) is 5.26 Å². The third-order valence-corrected chi connectivity index (χ3v) is 6.65. The minimum Gasteiger partial charge on any atom is -0.404 e. The molecule has 0 radical (unpaired) electrons. The predicted molar refractivity (Wildman–Crippen MR) is 112 cm³/mol. The molecule has 2 unspecified atom stereocenters. The lowest BCUT2D eigenvalue weighted by atomic mass is 10.0. The van der Waals surface area contributed by atoms with E-state index < -0.39 is 54.1 Å². The van der Waals surface area contributed by atoms with Crippen LogP contribution in [-0.4, -0.2) is 20.1 Å². The summed E-state index contributed by atoms with van der Waals surface area (Å²) >= 11 is 0. The number of carbonyl (C=O) groups is 1. The summed E-state index contributed by atoms with van der Waals surface area (Å²) in [5, 5.41) is 14.9. The summed E-state index contributed by atoms with van der Waals surface area (Å²) in [5.41, 5.74) is 1.36. The van der Waals surface area contributed by atoms with Crippen molar-refractivity contribution in [3.8, 4) is 11.8 Å². The van der Waals surface area contributed by atoms with Crippen molar-refractivity contribution in [3.05, 3.63) is 70.1 Å². The van der Waals surface area contributed by atoms with Gasteiger partial charge in [-0.05, 0) is 25.1 Å². The Balaban J connectivity index is 1.73. The van der Waals surface area contributed by atoms with Gasteiger partial charge >= 0.3 is 6.09 Å². The molecule has 2 N–H and O–H groups in total. The Labute approximate surface area is 183 Å². The van der Waals surface area contributed by atoms with Gasteiger partial charge in [0.25, 0.3) is 0 Å². The molecule has 0 fully saturated rings. The number of nitriles is 1. The summed E-state index contributed by atoms with van der Waals surface area (Å²) in [4.78, 5) is 15.5. The maximum absolute atomic E-state index is 14.4. The van der Waals surface area contributed by atoms with Gasteiger partial charge in [-0.3, -0.25) is 5.32 Å². The third kappa shape index (κ3) is 5.34. The fraction of sp³-hybridized carbons (Fsp3) is 0.105. The van der Waals surface area contributed by atoms with Gasteiger partial charge in [0.2, 0.25) is 15.0 Å². The Morgan fingerprint density at radius 2 is 1.88 bits per heavy atom.